The number of hydrogen-bond donors (Lipinski definition) is 2. The van der Waals surface area contributed by atoms with E-state index in [1.807, 2.05) is 6.07 Å². The minimum absolute atomic E-state index is 0. The predicted molar refractivity (Wildman–Crippen MR) is 69.7 cm³/mol. The zero-order valence-corrected chi connectivity index (χ0v) is 11.0. The Morgan fingerprint density at radius 1 is 1.25 bits per heavy atom. The van der Waals surface area contributed by atoms with Crippen molar-refractivity contribution in [3.63, 3.8) is 0 Å². The van der Waals surface area contributed by atoms with E-state index in [0.717, 1.165) is 24.9 Å². The van der Waals surface area contributed by atoms with Crippen molar-refractivity contribution in [2.75, 3.05) is 13.1 Å². The van der Waals surface area contributed by atoms with Crippen LogP contribution in [-0.4, -0.2) is 18.2 Å². The van der Waals surface area contributed by atoms with Crippen LogP contribution in [0.4, 0.5) is 0 Å². The summed E-state index contributed by atoms with van der Waals surface area (Å²) in [6.45, 7) is 1.54. The average Bonchev–Trinajstić information content (AvgIpc) is 2.23. The van der Waals surface area contributed by atoms with Crippen LogP contribution in [0.25, 0.3) is 0 Å². The fourth-order valence-corrected chi connectivity index (χ4v) is 2.22. The summed E-state index contributed by atoms with van der Waals surface area (Å²) < 4.78 is 0. The molecule has 2 nitrogen and oxygen atoms in total. The lowest BCUT2D eigenvalue weighted by atomic mass is 9.87. The number of piperidine rings is 1. The van der Waals surface area contributed by atoms with E-state index in [1.54, 1.807) is 12.1 Å². The second-order valence-corrected chi connectivity index (χ2v) is 4.76. The molecule has 0 aromatic heterocycles. The molecule has 1 aromatic carbocycles. The molecule has 1 unspecified atom stereocenters. The van der Waals surface area contributed by atoms with Gasteiger partial charge in [0.05, 0.1) is 10.0 Å². The molecule has 1 aliphatic heterocycles. The van der Waals surface area contributed by atoms with Gasteiger partial charge in [0.2, 0.25) is 0 Å². The van der Waals surface area contributed by atoms with Crippen molar-refractivity contribution >= 4 is 35.6 Å². The summed E-state index contributed by atoms with van der Waals surface area (Å²) in [5, 5.41) is 14.6. The van der Waals surface area contributed by atoms with Gasteiger partial charge in [-0.05, 0) is 37.1 Å². The third-order valence-corrected chi connectivity index (χ3v) is 3.56. The highest BCUT2D eigenvalue weighted by Crippen LogP contribution is 2.32. The van der Waals surface area contributed by atoms with Crippen molar-refractivity contribution in [1.29, 1.82) is 0 Å². The van der Waals surface area contributed by atoms with E-state index >= 15 is 0 Å². The van der Waals surface area contributed by atoms with Crippen molar-refractivity contribution in [3.05, 3.63) is 33.8 Å². The number of rotatable bonds is 1. The van der Waals surface area contributed by atoms with Gasteiger partial charge in [0, 0.05) is 6.54 Å². The Balaban J connectivity index is 0.00000128. The van der Waals surface area contributed by atoms with Crippen LogP contribution in [0.15, 0.2) is 18.2 Å². The van der Waals surface area contributed by atoms with Gasteiger partial charge in [0.1, 0.15) is 5.60 Å². The summed E-state index contributed by atoms with van der Waals surface area (Å²) in [4.78, 5) is 0. The predicted octanol–water partition coefficient (Wildman–Crippen LogP) is 2.99. The Morgan fingerprint density at radius 3 is 2.56 bits per heavy atom. The number of hydrogen-bond acceptors (Lipinski definition) is 2. The number of benzene rings is 1. The van der Waals surface area contributed by atoms with Gasteiger partial charge in [-0.1, -0.05) is 29.3 Å². The van der Waals surface area contributed by atoms with Gasteiger partial charge >= 0.3 is 0 Å². The molecule has 1 aliphatic rings. The van der Waals surface area contributed by atoms with Gasteiger partial charge in [-0.15, -0.1) is 12.4 Å². The fraction of sp³-hybridized carbons (Fsp3) is 0.455. The van der Waals surface area contributed by atoms with E-state index in [4.69, 9.17) is 23.2 Å². The molecule has 16 heavy (non-hydrogen) atoms. The smallest absolute Gasteiger partial charge is 0.102 e. The minimum Gasteiger partial charge on any atom is -0.384 e. The maximum Gasteiger partial charge on any atom is 0.102 e. The Bertz CT molecular complexity index is 364. The van der Waals surface area contributed by atoms with E-state index in [1.165, 1.54) is 0 Å². The van der Waals surface area contributed by atoms with Crippen LogP contribution in [0.5, 0.6) is 0 Å². The molecule has 1 fully saturated rings. The highest BCUT2D eigenvalue weighted by molar-refractivity contribution is 6.42. The number of aliphatic hydroxyl groups is 1. The van der Waals surface area contributed by atoms with Gasteiger partial charge in [0.25, 0.3) is 0 Å². The zero-order valence-electron chi connectivity index (χ0n) is 8.67. The van der Waals surface area contributed by atoms with E-state index in [2.05, 4.69) is 5.32 Å². The molecule has 0 aliphatic carbocycles. The van der Waals surface area contributed by atoms with Crippen LogP contribution in [0.1, 0.15) is 18.4 Å². The highest BCUT2D eigenvalue weighted by atomic mass is 35.5. The molecular formula is C11H14Cl3NO. The second-order valence-electron chi connectivity index (χ2n) is 3.94. The summed E-state index contributed by atoms with van der Waals surface area (Å²) in [5.41, 5.74) is 0.0380. The first-order valence-electron chi connectivity index (χ1n) is 5.00. The number of halogens is 3. The monoisotopic (exact) mass is 281 g/mol. The first-order chi connectivity index (χ1) is 7.12. The molecule has 2 N–H and O–H groups in total. The molecule has 0 radical (unpaired) electrons. The van der Waals surface area contributed by atoms with E-state index in [9.17, 15) is 5.11 Å². The fourth-order valence-electron chi connectivity index (χ4n) is 1.92. The molecule has 5 heteroatoms. The van der Waals surface area contributed by atoms with Crippen molar-refractivity contribution in [1.82, 2.24) is 5.32 Å². The molecule has 1 heterocycles. The summed E-state index contributed by atoms with van der Waals surface area (Å²) in [6.07, 6.45) is 1.73. The Hall–Kier alpha value is 0.01000. The Labute approximate surface area is 111 Å². The van der Waals surface area contributed by atoms with E-state index in [0.29, 0.717) is 16.6 Å². The minimum atomic E-state index is -0.799. The third-order valence-electron chi connectivity index (χ3n) is 2.82. The lowest BCUT2D eigenvalue weighted by Crippen LogP contribution is -2.43. The van der Waals surface area contributed by atoms with Crippen LogP contribution in [-0.2, 0) is 5.60 Å². The van der Waals surface area contributed by atoms with Gasteiger partial charge in [-0.3, -0.25) is 0 Å². The molecular weight excluding hydrogens is 268 g/mol. The van der Waals surface area contributed by atoms with Crippen LogP contribution >= 0.6 is 35.6 Å². The SMILES string of the molecule is Cl.OC1(c2ccc(Cl)c(Cl)c2)CCCNC1. The van der Waals surface area contributed by atoms with Crippen molar-refractivity contribution in [2.24, 2.45) is 0 Å². The maximum atomic E-state index is 10.4. The highest BCUT2D eigenvalue weighted by Gasteiger charge is 2.31. The molecule has 0 spiro atoms. The van der Waals surface area contributed by atoms with Crippen LogP contribution in [0, 0.1) is 0 Å². The first kappa shape index (κ1) is 14.1. The van der Waals surface area contributed by atoms with Gasteiger partial charge in [-0.2, -0.15) is 0 Å². The summed E-state index contributed by atoms with van der Waals surface area (Å²) in [7, 11) is 0. The van der Waals surface area contributed by atoms with Crippen molar-refractivity contribution in [3.8, 4) is 0 Å². The van der Waals surface area contributed by atoms with Crippen LogP contribution in [0.3, 0.4) is 0 Å². The number of β-amino-alcohol motifs (C(OH)–C–C–N with tert-alkyl or cyclic N) is 1. The topological polar surface area (TPSA) is 32.3 Å². The van der Waals surface area contributed by atoms with Crippen LogP contribution < -0.4 is 5.32 Å². The van der Waals surface area contributed by atoms with Crippen LogP contribution in [0.2, 0.25) is 10.0 Å². The Kier molecular flexibility index (Phi) is 4.89. The lowest BCUT2D eigenvalue weighted by molar-refractivity contribution is 0.0123. The molecule has 1 atom stereocenters. The summed E-state index contributed by atoms with van der Waals surface area (Å²) in [5.74, 6) is 0. The molecule has 1 saturated heterocycles. The van der Waals surface area contributed by atoms with Crippen molar-refractivity contribution < 1.29 is 5.11 Å². The molecule has 0 saturated carbocycles. The zero-order chi connectivity index (χ0) is 10.9. The van der Waals surface area contributed by atoms with Crippen molar-refractivity contribution in [2.45, 2.75) is 18.4 Å². The molecule has 2 rings (SSSR count). The maximum absolute atomic E-state index is 10.4. The normalized spacial score (nSPS) is 24.9. The molecule has 0 amide bonds. The average molecular weight is 283 g/mol. The van der Waals surface area contributed by atoms with Gasteiger partial charge < -0.3 is 10.4 Å². The van der Waals surface area contributed by atoms with Gasteiger partial charge in [0.15, 0.2) is 0 Å². The molecule has 0 bridgehead atoms. The summed E-state index contributed by atoms with van der Waals surface area (Å²) >= 11 is 11.8. The van der Waals surface area contributed by atoms with Gasteiger partial charge in [-0.25, -0.2) is 0 Å². The Morgan fingerprint density at radius 2 is 2.00 bits per heavy atom. The standard InChI is InChI=1S/C11H13Cl2NO.ClH/c12-9-3-2-8(6-10(9)13)11(15)4-1-5-14-7-11;/h2-3,6,14-15H,1,4-5,7H2;1H. The lowest BCUT2D eigenvalue weighted by Gasteiger charge is -2.33. The molecule has 1 aromatic rings. The van der Waals surface area contributed by atoms with E-state index in [-0.39, 0.29) is 12.4 Å². The largest absolute Gasteiger partial charge is 0.384 e. The summed E-state index contributed by atoms with van der Waals surface area (Å²) in [6, 6.07) is 5.31. The second kappa shape index (κ2) is 5.56. The quantitative estimate of drug-likeness (QED) is 0.830. The van der Waals surface area contributed by atoms with E-state index < -0.39 is 5.60 Å². The first-order valence-corrected chi connectivity index (χ1v) is 5.76. The third kappa shape index (κ3) is 2.82. The number of nitrogens with one attached hydrogen (secondary N) is 1. The molecule has 90 valence electrons.